The highest BCUT2D eigenvalue weighted by Gasteiger charge is 2.34. The second kappa shape index (κ2) is 5.51. The van der Waals surface area contributed by atoms with E-state index in [1.807, 2.05) is 26.0 Å². The molecule has 2 atom stereocenters. The van der Waals surface area contributed by atoms with Gasteiger partial charge in [-0.2, -0.15) is 4.31 Å². The van der Waals surface area contributed by atoms with Crippen molar-refractivity contribution in [1.82, 2.24) is 4.31 Å². The number of rotatable bonds is 3. The van der Waals surface area contributed by atoms with Crippen molar-refractivity contribution in [3.05, 3.63) is 29.8 Å². The van der Waals surface area contributed by atoms with Crippen LogP contribution in [0.5, 0.6) is 0 Å². The van der Waals surface area contributed by atoms with Crippen molar-refractivity contribution in [3.63, 3.8) is 0 Å². The number of nitrogen functional groups attached to an aromatic ring is 1. The largest absolute Gasteiger partial charge is 0.398 e. The highest BCUT2D eigenvalue weighted by atomic mass is 32.2. The topological polar surface area (TPSA) is 63.4 Å². The Kier molecular flexibility index (Phi) is 4.16. The second-order valence-electron chi connectivity index (χ2n) is 5.41. The third-order valence-corrected chi connectivity index (χ3v) is 5.86. The number of anilines is 1. The van der Waals surface area contributed by atoms with E-state index >= 15 is 0 Å². The van der Waals surface area contributed by atoms with Gasteiger partial charge >= 0.3 is 0 Å². The predicted molar refractivity (Wildman–Crippen MR) is 78.1 cm³/mol. The van der Waals surface area contributed by atoms with Crippen LogP contribution in [-0.4, -0.2) is 24.8 Å². The second-order valence-corrected chi connectivity index (χ2v) is 7.29. The van der Waals surface area contributed by atoms with Gasteiger partial charge in [-0.25, -0.2) is 8.42 Å². The lowest BCUT2D eigenvalue weighted by Crippen LogP contribution is -2.47. The van der Waals surface area contributed by atoms with Crippen molar-refractivity contribution in [2.45, 2.75) is 50.9 Å². The number of nitrogens with zero attached hydrogens (tertiary/aromatic N) is 1. The Balaban J connectivity index is 2.25. The molecule has 1 saturated heterocycles. The molecule has 0 aliphatic carbocycles. The molecule has 1 aromatic rings. The lowest BCUT2D eigenvalue weighted by molar-refractivity contribution is 0.204. The standard InChI is InChI=1S/C14H22N2O2S/c1-11-6-5-7-12(2)16(11)19(17,18)10-13-8-3-4-9-14(13)15/h3-4,8-9,11-12H,5-7,10,15H2,1-2H3/t11-,12+. The first-order valence-corrected chi connectivity index (χ1v) is 8.37. The van der Waals surface area contributed by atoms with Crippen LogP contribution in [0.25, 0.3) is 0 Å². The van der Waals surface area contributed by atoms with E-state index in [9.17, 15) is 8.42 Å². The van der Waals surface area contributed by atoms with Crippen molar-refractivity contribution in [1.29, 1.82) is 0 Å². The number of benzene rings is 1. The van der Waals surface area contributed by atoms with Gasteiger partial charge in [0.1, 0.15) is 0 Å². The SMILES string of the molecule is C[C@@H]1CCC[C@H](C)N1S(=O)(=O)Cc1ccccc1N. The van der Waals surface area contributed by atoms with Crippen molar-refractivity contribution < 1.29 is 8.42 Å². The third kappa shape index (κ3) is 3.09. The number of piperidine rings is 1. The molecule has 1 heterocycles. The number of para-hydroxylation sites is 1. The van der Waals surface area contributed by atoms with E-state index in [0.29, 0.717) is 11.3 Å². The van der Waals surface area contributed by atoms with Crippen LogP contribution in [0, 0.1) is 0 Å². The summed E-state index contributed by atoms with van der Waals surface area (Å²) in [5.41, 5.74) is 7.08. The first-order chi connectivity index (χ1) is 8.92. The maximum Gasteiger partial charge on any atom is 0.218 e. The Morgan fingerprint density at radius 1 is 1.21 bits per heavy atom. The summed E-state index contributed by atoms with van der Waals surface area (Å²) in [5.74, 6) is -0.00560. The number of nitrogens with two attached hydrogens (primary N) is 1. The fraction of sp³-hybridized carbons (Fsp3) is 0.571. The Hall–Kier alpha value is -1.07. The minimum atomic E-state index is -3.30. The van der Waals surface area contributed by atoms with Gasteiger partial charge in [0, 0.05) is 17.8 Å². The number of hydrogen-bond donors (Lipinski definition) is 1. The highest BCUT2D eigenvalue weighted by Crippen LogP contribution is 2.28. The highest BCUT2D eigenvalue weighted by molar-refractivity contribution is 7.88. The van der Waals surface area contributed by atoms with E-state index in [4.69, 9.17) is 5.73 Å². The van der Waals surface area contributed by atoms with Crippen LogP contribution >= 0.6 is 0 Å². The molecule has 0 aromatic heterocycles. The quantitative estimate of drug-likeness (QED) is 0.866. The van der Waals surface area contributed by atoms with Crippen LogP contribution in [0.2, 0.25) is 0 Å². The van der Waals surface area contributed by atoms with E-state index in [1.165, 1.54) is 0 Å². The molecule has 19 heavy (non-hydrogen) atoms. The maximum atomic E-state index is 12.6. The smallest absolute Gasteiger partial charge is 0.218 e. The van der Waals surface area contributed by atoms with Gasteiger partial charge in [0.05, 0.1) is 5.75 Å². The average molecular weight is 282 g/mol. The molecule has 106 valence electrons. The van der Waals surface area contributed by atoms with E-state index in [-0.39, 0.29) is 17.8 Å². The van der Waals surface area contributed by atoms with E-state index in [1.54, 1.807) is 16.4 Å². The van der Waals surface area contributed by atoms with Gasteiger partial charge in [-0.05, 0) is 38.3 Å². The van der Waals surface area contributed by atoms with Crippen LogP contribution < -0.4 is 5.73 Å². The summed E-state index contributed by atoms with van der Waals surface area (Å²) in [4.78, 5) is 0. The molecule has 1 aliphatic heterocycles. The Labute approximate surface area is 115 Å². The predicted octanol–water partition coefficient (Wildman–Crippen LogP) is 2.36. The molecule has 4 nitrogen and oxygen atoms in total. The molecule has 0 amide bonds. The normalized spacial score (nSPS) is 25.4. The average Bonchev–Trinajstić information content (AvgIpc) is 2.31. The van der Waals surface area contributed by atoms with Crippen molar-refractivity contribution >= 4 is 15.7 Å². The van der Waals surface area contributed by atoms with Crippen LogP contribution in [0.3, 0.4) is 0 Å². The molecule has 1 aromatic carbocycles. The fourth-order valence-corrected chi connectivity index (χ4v) is 5.00. The number of sulfonamides is 1. The van der Waals surface area contributed by atoms with Gasteiger partial charge in [0.2, 0.25) is 10.0 Å². The van der Waals surface area contributed by atoms with Crippen molar-refractivity contribution in [3.8, 4) is 0 Å². The Morgan fingerprint density at radius 2 is 1.79 bits per heavy atom. The summed E-state index contributed by atoms with van der Waals surface area (Å²) in [6.45, 7) is 3.98. The summed E-state index contributed by atoms with van der Waals surface area (Å²) in [6.07, 6.45) is 2.98. The molecule has 0 radical (unpaired) electrons. The van der Waals surface area contributed by atoms with E-state index < -0.39 is 10.0 Å². The lowest BCUT2D eigenvalue weighted by Gasteiger charge is -2.37. The summed E-state index contributed by atoms with van der Waals surface area (Å²) >= 11 is 0. The number of hydrogen-bond acceptors (Lipinski definition) is 3. The van der Waals surface area contributed by atoms with Gasteiger partial charge in [-0.3, -0.25) is 0 Å². The molecule has 1 fully saturated rings. The lowest BCUT2D eigenvalue weighted by atomic mass is 10.0. The minimum Gasteiger partial charge on any atom is -0.398 e. The molecule has 0 bridgehead atoms. The Morgan fingerprint density at radius 3 is 2.37 bits per heavy atom. The summed E-state index contributed by atoms with van der Waals surface area (Å²) < 4.78 is 26.9. The van der Waals surface area contributed by atoms with Crippen LogP contribution in [0.15, 0.2) is 24.3 Å². The summed E-state index contributed by atoms with van der Waals surface area (Å²) in [6, 6.07) is 7.33. The van der Waals surface area contributed by atoms with Crippen molar-refractivity contribution in [2.75, 3.05) is 5.73 Å². The molecular weight excluding hydrogens is 260 g/mol. The molecule has 0 saturated carbocycles. The Bertz CT molecular complexity index is 532. The molecule has 0 spiro atoms. The zero-order valence-corrected chi connectivity index (χ0v) is 12.4. The molecule has 2 N–H and O–H groups in total. The molecule has 1 aliphatic rings. The molecule has 0 unspecified atom stereocenters. The van der Waals surface area contributed by atoms with Gasteiger partial charge in [0.15, 0.2) is 0 Å². The zero-order valence-electron chi connectivity index (χ0n) is 11.5. The zero-order chi connectivity index (χ0) is 14.0. The van der Waals surface area contributed by atoms with Gasteiger partial charge in [-0.1, -0.05) is 24.6 Å². The molecule has 2 rings (SSSR count). The molecular formula is C14H22N2O2S. The monoisotopic (exact) mass is 282 g/mol. The molecule has 5 heteroatoms. The van der Waals surface area contributed by atoms with Crippen LogP contribution in [-0.2, 0) is 15.8 Å². The summed E-state index contributed by atoms with van der Waals surface area (Å²) in [5, 5.41) is 0. The maximum absolute atomic E-state index is 12.6. The van der Waals surface area contributed by atoms with Crippen LogP contribution in [0.4, 0.5) is 5.69 Å². The summed E-state index contributed by atoms with van der Waals surface area (Å²) in [7, 11) is -3.30. The fourth-order valence-electron chi connectivity index (χ4n) is 2.88. The minimum absolute atomic E-state index is 0.00560. The first-order valence-electron chi connectivity index (χ1n) is 6.76. The van der Waals surface area contributed by atoms with Gasteiger partial charge in [-0.15, -0.1) is 0 Å². The first kappa shape index (κ1) is 14.3. The van der Waals surface area contributed by atoms with E-state index in [0.717, 1.165) is 19.3 Å². The van der Waals surface area contributed by atoms with Crippen molar-refractivity contribution in [2.24, 2.45) is 0 Å². The van der Waals surface area contributed by atoms with Gasteiger partial charge < -0.3 is 5.73 Å². The van der Waals surface area contributed by atoms with E-state index in [2.05, 4.69) is 0 Å². The van der Waals surface area contributed by atoms with Crippen LogP contribution in [0.1, 0.15) is 38.7 Å². The van der Waals surface area contributed by atoms with Gasteiger partial charge in [0.25, 0.3) is 0 Å². The third-order valence-electron chi connectivity index (χ3n) is 3.83.